The summed E-state index contributed by atoms with van der Waals surface area (Å²) in [7, 11) is 1.62. The van der Waals surface area contributed by atoms with Crippen LogP contribution < -0.4 is 5.56 Å². The van der Waals surface area contributed by atoms with Crippen molar-refractivity contribution < 1.29 is 0 Å². The second kappa shape index (κ2) is 3.72. The molecule has 0 aromatic carbocycles. The van der Waals surface area contributed by atoms with Crippen LogP contribution in [-0.2, 0) is 7.05 Å². The predicted octanol–water partition coefficient (Wildman–Crippen LogP) is 2.08. The number of hydrogen-bond donors (Lipinski definition) is 1. The zero-order valence-electron chi connectivity index (χ0n) is 7.79. The lowest BCUT2D eigenvalue weighted by Crippen LogP contribution is -2.09. The highest BCUT2D eigenvalue weighted by Crippen LogP contribution is 2.25. The van der Waals surface area contributed by atoms with Crippen LogP contribution in [0.25, 0.3) is 11.4 Å². The van der Waals surface area contributed by atoms with Crippen molar-refractivity contribution in [3.8, 4) is 11.4 Å². The molecule has 6 heteroatoms. The van der Waals surface area contributed by atoms with Gasteiger partial charge in [-0.05, 0) is 6.07 Å². The number of halogens is 2. The van der Waals surface area contributed by atoms with Gasteiger partial charge in [0, 0.05) is 19.3 Å². The molecule has 15 heavy (non-hydrogen) atoms. The van der Waals surface area contributed by atoms with Gasteiger partial charge in [0.25, 0.3) is 5.56 Å². The van der Waals surface area contributed by atoms with Crippen LogP contribution in [0.5, 0.6) is 0 Å². The lowest BCUT2D eigenvalue weighted by atomic mass is 10.3. The van der Waals surface area contributed by atoms with Crippen LogP contribution >= 0.6 is 23.2 Å². The molecule has 4 nitrogen and oxygen atoms in total. The molecule has 2 rings (SSSR count). The Balaban J connectivity index is 2.59. The van der Waals surface area contributed by atoms with E-state index in [4.69, 9.17) is 23.2 Å². The van der Waals surface area contributed by atoms with Crippen molar-refractivity contribution in [2.75, 3.05) is 0 Å². The lowest BCUT2D eigenvalue weighted by molar-refractivity contribution is 0.742. The number of H-pyrrole nitrogens is 1. The summed E-state index contributed by atoms with van der Waals surface area (Å²) in [5, 5.41) is 3.70. The number of nitrogens with one attached hydrogen (secondary N) is 1. The molecular formula is C9H7Cl2N3O. The summed E-state index contributed by atoms with van der Waals surface area (Å²) in [5.74, 6) is 0. The van der Waals surface area contributed by atoms with E-state index in [-0.39, 0.29) is 5.56 Å². The van der Waals surface area contributed by atoms with Gasteiger partial charge in [-0.1, -0.05) is 23.2 Å². The van der Waals surface area contributed by atoms with Gasteiger partial charge in [0.1, 0.15) is 5.69 Å². The Bertz CT molecular complexity index is 559. The maximum Gasteiger partial charge on any atom is 0.266 e. The van der Waals surface area contributed by atoms with Crippen LogP contribution in [0.4, 0.5) is 0 Å². The van der Waals surface area contributed by atoms with E-state index < -0.39 is 0 Å². The number of rotatable bonds is 1. The first-order valence-corrected chi connectivity index (χ1v) is 4.91. The summed E-state index contributed by atoms with van der Waals surface area (Å²) >= 11 is 11.7. The number of aryl methyl sites for hydroxylation is 1. The first kappa shape index (κ1) is 10.3. The Kier molecular flexibility index (Phi) is 2.54. The van der Waals surface area contributed by atoms with E-state index in [0.29, 0.717) is 21.4 Å². The zero-order chi connectivity index (χ0) is 11.0. The fraction of sp³-hybridized carbons (Fsp3) is 0.111. The molecule has 0 saturated carbocycles. The Morgan fingerprint density at radius 3 is 2.67 bits per heavy atom. The van der Waals surface area contributed by atoms with Crippen LogP contribution in [0.2, 0.25) is 10.0 Å². The van der Waals surface area contributed by atoms with E-state index in [1.807, 2.05) is 0 Å². The first-order chi connectivity index (χ1) is 7.08. The zero-order valence-corrected chi connectivity index (χ0v) is 9.30. The van der Waals surface area contributed by atoms with Gasteiger partial charge < -0.3 is 0 Å². The molecule has 0 unspecified atom stereocenters. The van der Waals surface area contributed by atoms with E-state index in [1.165, 1.54) is 16.9 Å². The minimum absolute atomic E-state index is 0.141. The third-order valence-electron chi connectivity index (χ3n) is 1.95. The maximum atomic E-state index is 11.2. The van der Waals surface area contributed by atoms with Gasteiger partial charge in [-0.2, -0.15) is 0 Å². The molecule has 0 fully saturated rings. The molecule has 1 N–H and O–H groups in total. The van der Waals surface area contributed by atoms with Crippen molar-refractivity contribution in [2.24, 2.45) is 7.05 Å². The summed E-state index contributed by atoms with van der Waals surface area (Å²) in [6.45, 7) is 0. The van der Waals surface area contributed by atoms with Crippen molar-refractivity contribution in [2.45, 2.75) is 0 Å². The quantitative estimate of drug-likeness (QED) is 0.834. The smallest absolute Gasteiger partial charge is 0.266 e. The van der Waals surface area contributed by atoms with Crippen molar-refractivity contribution in [3.63, 3.8) is 0 Å². The van der Waals surface area contributed by atoms with Gasteiger partial charge in [0.15, 0.2) is 0 Å². The van der Waals surface area contributed by atoms with Crippen LogP contribution in [0, 0.1) is 0 Å². The molecule has 0 amide bonds. The van der Waals surface area contributed by atoms with E-state index in [2.05, 4.69) is 10.1 Å². The molecule has 0 radical (unpaired) electrons. The van der Waals surface area contributed by atoms with Crippen molar-refractivity contribution in [3.05, 3.63) is 38.7 Å². The normalized spacial score (nSPS) is 10.6. The highest BCUT2D eigenvalue weighted by Gasteiger charge is 2.09. The third-order valence-corrected chi connectivity index (χ3v) is 2.44. The lowest BCUT2D eigenvalue weighted by Gasteiger charge is -2.00. The average Bonchev–Trinajstić information content (AvgIpc) is 2.46. The fourth-order valence-corrected chi connectivity index (χ4v) is 1.70. The second-order valence-corrected chi connectivity index (χ2v) is 3.89. The molecular weight excluding hydrogens is 237 g/mol. The summed E-state index contributed by atoms with van der Waals surface area (Å²) in [4.78, 5) is 15.3. The first-order valence-electron chi connectivity index (χ1n) is 4.15. The number of aromatic nitrogens is 3. The highest BCUT2D eigenvalue weighted by molar-refractivity contribution is 6.35. The topological polar surface area (TPSA) is 50.7 Å². The molecule has 0 spiro atoms. The second-order valence-electron chi connectivity index (χ2n) is 3.05. The van der Waals surface area contributed by atoms with Gasteiger partial charge in [-0.25, -0.2) is 0 Å². The number of pyridine rings is 1. The van der Waals surface area contributed by atoms with Gasteiger partial charge in [-0.3, -0.25) is 19.6 Å². The number of nitrogens with zero attached hydrogens (tertiary/aromatic N) is 2. The highest BCUT2D eigenvalue weighted by atomic mass is 35.5. The SMILES string of the molecule is Cn1[nH]c(-c2ncc(Cl)cc2Cl)cc1=O. The monoisotopic (exact) mass is 243 g/mol. The van der Waals surface area contributed by atoms with Crippen LogP contribution in [0.15, 0.2) is 23.1 Å². The van der Waals surface area contributed by atoms with Gasteiger partial charge in [0.05, 0.1) is 15.7 Å². The molecule has 0 bridgehead atoms. The Morgan fingerprint density at radius 1 is 1.40 bits per heavy atom. The largest absolute Gasteiger partial charge is 0.294 e. The number of hydrogen-bond acceptors (Lipinski definition) is 2. The average molecular weight is 244 g/mol. The van der Waals surface area contributed by atoms with E-state index in [9.17, 15) is 4.79 Å². The van der Waals surface area contributed by atoms with Gasteiger partial charge >= 0.3 is 0 Å². The minimum Gasteiger partial charge on any atom is -0.294 e. The van der Waals surface area contributed by atoms with Crippen molar-refractivity contribution >= 4 is 23.2 Å². The van der Waals surface area contributed by atoms with Crippen molar-refractivity contribution in [1.82, 2.24) is 14.8 Å². The van der Waals surface area contributed by atoms with Crippen LogP contribution in [0.3, 0.4) is 0 Å². The molecule has 2 aromatic heterocycles. The van der Waals surface area contributed by atoms with E-state index in [1.54, 1.807) is 13.1 Å². The number of aromatic amines is 1. The summed E-state index contributed by atoms with van der Waals surface area (Å²) in [5.41, 5.74) is 0.945. The Labute approximate surface area is 95.4 Å². The summed E-state index contributed by atoms with van der Waals surface area (Å²) < 4.78 is 1.35. The third kappa shape index (κ3) is 1.91. The molecule has 0 aliphatic heterocycles. The standard InChI is InChI=1S/C9H7Cl2N3O/c1-14-8(15)3-7(13-14)9-6(11)2-5(10)4-12-9/h2-4,13H,1H3. The maximum absolute atomic E-state index is 11.2. The fourth-order valence-electron chi connectivity index (χ4n) is 1.22. The van der Waals surface area contributed by atoms with E-state index in [0.717, 1.165) is 0 Å². The molecule has 0 aliphatic rings. The Morgan fingerprint density at radius 2 is 2.13 bits per heavy atom. The predicted molar refractivity (Wildman–Crippen MR) is 59.3 cm³/mol. The van der Waals surface area contributed by atoms with Crippen LogP contribution in [0.1, 0.15) is 0 Å². The Hall–Kier alpha value is -1.26. The molecule has 78 valence electrons. The molecule has 2 heterocycles. The molecule has 0 atom stereocenters. The molecule has 0 aliphatic carbocycles. The van der Waals surface area contributed by atoms with Gasteiger partial charge in [-0.15, -0.1) is 0 Å². The van der Waals surface area contributed by atoms with Crippen molar-refractivity contribution in [1.29, 1.82) is 0 Å². The van der Waals surface area contributed by atoms with E-state index >= 15 is 0 Å². The van der Waals surface area contributed by atoms with Crippen LogP contribution in [-0.4, -0.2) is 14.8 Å². The molecule has 0 saturated heterocycles. The molecule has 2 aromatic rings. The minimum atomic E-state index is -0.141. The van der Waals surface area contributed by atoms with Gasteiger partial charge in [0.2, 0.25) is 0 Å². The summed E-state index contributed by atoms with van der Waals surface area (Å²) in [6, 6.07) is 3.01. The summed E-state index contributed by atoms with van der Waals surface area (Å²) in [6.07, 6.45) is 1.48.